The second kappa shape index (κ2) is 2.51. The highest BCUT2D eigenvalue weighted by atomic mass is 16.4. The first-order valence-corrected chi connectivity index (χ1v) is 3.45. The molecule has 0 aliphatic heterocycles. The van der Waals surface area contributed by atoms with Crippen LogP contribution in [-0.4, -0.2) is 16.6 Å². The number of carboxylic acid groups (broad SMARTS) is 1. The van der Waals surface area contributed by atoms with E-state index in [-0.39, 0.29) is 5.92 Å². The molecule has 1 rings (SSSR count). The van der Waals surface area contributed by atoms with Crippen molar-refractivity contribution < 1.29 is 9.90 Å². The first-order chi connectivity index (χ1) is 5.07. The van der Waals surface area contributed by atoms with E-state index in [0.717, 1.165) is 0 Å². The molecule has 3 N–H and O–H groups in total. The van der Waals surface area contributed by atoms with Crippen molar-refractivity contribution >= 4 is 5.97 Å². The van der Waals surface area contributed by atoms with Gasteiger partial charge in [-0.15, -0.1) is 0 Å². The van der Waals surface area contributed by atoms with Gasteiger partial charge < -0.3 is 10.8 Å². The molecular weight excluding hydrogens is 142 g/mol. The summed E-state index contributed by atoms with van der Waals surface area (Å²) in [5.74, 6) is -1.13. The molecular formula is C8H11NO2. The summed E-state index contributed by atoms with van der Waals surface area (Å²) in [6, 6.07) is 0. The van der Waals surface area contributed by atoms with Gasteiger partial charge in [-0.3, -0.25) is 0 Å². The van der Waals surface area contributed by atoms with Crippen LogP contribution in [0.1, 0.15) is 6.92 Å². The van der Waals surface area contributed by atoms with Crippen molar-refractivity contribution in [2.75, 3.05) is 0 Å². The molecule has 2 atom stereocenters. The number of carbonyl (C=O) groups is 1. The molecule has 2 unspecified atom stereocenters. The maximum Gasteiger partial charge on any atom is 0.328 e. The lowest BCUT2D eigenvalue weighted by Gasteiger charge is -2.27. The maximum atomic E-state index is 10.7. The van der Waals surface area contributed by atoms with Crippen LogP contribution in [0.5, 0.6) is 0 Å². The quantitative estimate of drug-likeness (QED) is 0.577. The number of nitrogens with two attached hydrogens (primary N) is 1. The van der Waals surface area contributed by atoms with Gasteiger partial charge in [-0.25, -0.2) is 4.79 Å². The molecule has 0 amide bonds. The van der Waals surface area contributed by atoms with E-state index in [1.54, 1.807) is 25.2 Å². The summed E-state index contributed by atoms with van der Waals surface area (Å²) in [6.07, 6.45) is 6.76. The molecule has 0 radical (unpaired) electrons. The molecule has 0 aromatic rings. The third-order valence-electron chi connectivity index (χ3n) is 2.01. The molecule has 3 heteroatoms. The molecule has 0 aromatic heterocycles. The first-order valence-electron chi connectivity index (χ1n) is 3.45. The fourth-order valence-electron chi connectivity index (χ4n) is 1.02. The fraction of sp³-hybridized carbons (Fsp3) is 0.375. The Bertz CT molecular complexity index is 232. The topological polar surface area (TPSA) is 63.3 Å². The first kappa shape index (κ1) is 8.01. The average molecular weight is 153 g/mol. The van der Waals surface area contributed by atoms with Crippen molar-refractivity contribution in [3.8, 4) is 0 Å². The van der Waals surface area contributed by atoms with Gasteiger partial charge in [0.2, 0.25) is 0 Å². The summed E-state index contributed by atoms with van der Waals surface area (Å²) >= 11 is 0. The summed E-state index contributed by atoms with van der Waals surface area (Å²) in [4.78, 5) is 10.7. The standard InChI is InChI=1S/C8H11NO2/c1-6-4-2-3-5-8(6,9)7(10)11/h2-6H,9H2,1H3,(H,10,11). The molecule has 0 saturated carbocycles. The molecule has 1 aliphatic rings. The molecule has 60 valence electrons. The minimum absolute atomic E-state index is 0.148. The summed E-state index contributed by atoms with van der Waals surface area (Å²) in [5.41, 5.74) is 4.39. The molecule has 0 spiro atoms. The van der Waals surface area contributed by atoms with Crippen molar-refractivity contribution in [2.45, 2.75) is 12.5 Å². The Kier molecular flexibility index (Phi) is 1.83. The van der Waals surface area contributed by atoms with Crippen LogP contribution in [0.3, 0.4) is 0 Å². The van der Waals surface area contributed by atoms with E-state index in [2.05, 4.69) is 0 Å². The highest BCUT2D eigenvalue weighted by Crippen LogP contribution is 2.21. The van der Waals surface area contributed by atoms with E-state index in [1.807, 2.05) is 0 Å². The van der Waals surface area contributed by atoms with E-state index < -0.39 is 11.5 Å². The number of hydrogen-bond acceptors (Lipinski definition) is 2. The van der Waals surface area contributed by atoms with E-state index in [0.29, 0.717) is 0 Å². The smallest absolute Gasteiger partial charge is 0.328 e. The van der Waals surface area contributed by atoms with Gasteiger partial charge in [-0.1, -0.05) is 31.2 Å². The zero-order valence-electron chi connectivity index (χ0n) is 6.32. The molecule has 0 heterocycles. The Balaban J connectivity index is 2.94. The Hall–Kier alpha value is -1.09. The number of hydrogen-bond donors (Lipinski definition) is 2. The second-order valence-corrected chi connectivity index (χ2v) is 2.77. The van der Waals surface area contributed by atoms with Gasteiger partial charge in [0, 0.05) is 5.92 Å². The maximum absolute atomic E-state index is 10.7. The zero-order valence-corrected chi connectivity index (χ0v) is 6.32. The number of allylic oxidation sites excluding steroid dienone is 2. The van der Waals surface area contributed by atoms with E-state index in [9.17, 15) is 4.79 Å². The van der Waals surface area contributed by atoms with Crippen LogP contribution in [0.15, 0.2) is 24.3 Å². The van der Waals surface area contributed by atoms with E-state index in [4.69, 9.17) is 10.8 Å². The van der Waals surface area contributed by atoms with Crippen molar-refractivity contribution in [3.05, 3.63) is 24.3 Å². The van der Waals surface area contributed by atoms with Gasteiger partial charge in [-0.2, -0.15) is 0 Å². The predicted octanol–water partition coefficient (Wildman–Crippen LogP) is 0.531. The molecule has 0 fully saturated rings. The van der Waals surface area contributed by atoms with Crippen molar-refractivity contribution in [3.63, 3.8) is 0 Å². The Morgan fingerprint density at radius 2 is 2.27 bits per heavy atom. The zero-order chi connectivity index (χ0) is 8.48. The van der Waals surface area contributed by atoms with Gasteiger partial charge in [0.25, 0.3) is 0 Å². The number of rotatable bonds is 1. The molecule has 1 aliphatic carbocycles. The number of aliphatic carboxylic acids is 1. The van der Waals surface area contributed by atoms with Crippen LogP contribution in [0, 0.1) is 5.92 Å². The monoisotopic (exact) mass is 153 g/mol. The molecule has 11 heavy (non-hydrogen) atoms. The van der Waals surface area contributed by atoms with Gasteiger partial charge in [-0.05, 0) is 0 Å². The third-order valence-corrected chi connectivity index (χ3v) is 2.01. The normalized spacial score (nSPS) is 35.6. The van der Waals surface area contributed by atoms with Gasteiger partial charge >= 0.3 is 5.97 Å². The SMILES string of the molecule is CC1C=CC=CC1(N)C(=O)O. The largest absolute Gasteiger partial charge is 0.480 e. The van der Waals surface area contributed by atoms with Gasteiger partial charge in [0.05, 0.1) is 0 Å². The average Bonchev–Trinajstić information content (AvgIpc) is 1.95. The van der Waals surface area contributed by atoms with Crippen molar-refractivity contribution in [2.24, 2.45) is 11.7 Å². The van der Waals surface area contributed by atoms with Crippen LogP contribution in [0.2, 0.25) is 0 Å². The van der Waals surface area contributed by atoms with E-state index in [1.165, 1.54) is 6.08 Å². The van der Waals surface area contributed by atoms with Crippen molar-refractivity contribution in [1.29, 1.82) is 0 Å². The minimum atomic E-state index is -1.21. The van der Waals surface area contributed by atoms with Crippen LogP contribution >= 0.6 is 0 Å². The summed E-state index contributed by atoms with van der Waals surface area (Å²) in [7, 11) is 0. The molecule has 3 nitrogen and oxygen atoms in total. The second-order valence-electron chi connectivity index (χ2n) is 2.77. The van der Waals surface area contributed by atoms with Gasteiger partial charge in [0.1, 0.15) is 5.54 Å². The Morgan fingerprint density at radius 1 is 1.64 bits per heavy atom. The Morgan fingerprint density at radius 3 is 2.64 bits per heavy atom. The van der Waals surface area contributed by atoms with E-state index >= 15 is 0 Å². The third kappa shape index (κ3) is 1.19. The fourth-order valence-corrected chi connectivity index (χ4v) is 1.02. The lowest BCUT2D eigenvalue weighted by Crippen LogP contribution is -2.51. The summed E-state index contributed by atoms with van der Waals surface area (Å²) in [5, 5.41) is 8.76. The molecule has 0 aromatic carbocycles. The molecule has 0 saturated heterocycles. The van der Waals surface area contributed by atoms with Crippen LogP contribution < -0.4 is 5.73 Å². The van der Waals surface area contributed by atoms with Crippen LogP contribution in [-0.2, 0) is 4.79 Å². The molecule has 0 bridgehead atoms. The van der Waals surface area contributed by atoms with Crippen LogP contribution in [0.25, 0.3) is 0 Å². The lowest BCUT2D eigenvalue weighted by atomic mass is 9.83. The highest BCUT2D eigenvalue weighted by Gasteiger charge is 2.36. The van der Waals surface area contributed by atoms with Crippen LogP contribution in [0.4, 0.5) is 0 Å². The summed E-state index contributed by atoms with van der Waals surface area (Å²) < 4.78 is 0. The minimum Gasteiger partial charge on any atom is -0.480 e. The number of carboxylic acids is 1. The van der Waals surface area contributed by atoms with Gasteiger partial charge in [0.15, 0.2) is 0 Å². The highest BCUT2D eigenvalue weighted by molar-refractivity contribution is 5.82. The Labute approximate surface area is 65.2 Å². The summed E-state index contributed by atoms with van der Waals surface area (Å²) in [6.45, 7) is 1.79. The predicted molar refractivity (Wildman–Crippen MR) is 42.0 cm³/mol. The lowest BCUT2D eigenvalue weighted by molar-refractivity contribution is -0.142. The van der Waals surface area contributed by atoms with Crippen molar-refractivity contribution in [1.82, 2.24) is 0 Å².